The smallest absolute Gasteiger partial charge is 0.237 e. The SMILES string of the molecule is Cc1ccc(Cl)cc1NC(=O)C(C)Sc1ncnc2nc[nH]c12. The van der Waals surface area contributed by atoms with Crippen molar-refractivity contribution in [2.45, 2.75) is 24.1 Å². The summed E-state index contributed by atoms with van der Waals surface area (Å²) < 4.78 is 0. The fourth-order valence-electron chi connectivity index (χ4n) is 2.02. The number of anilines is 1. The first-order valence-corrected chi connectivity index (χ1v) is 8.18. The number of benzene rings is 1. The predicted octanol–water partition coefficient (Wildman–Crippen LogP) is 3.43. The average Bonchev–Trinajstić information content (AvgIpc) is 3.00. The first kappa shape index (κ1) is 15.8. The van der Waals surface area contributed by atoms with Crippen molar-refractivity contribution >= 4 is 46.1 Å². The Balaban J connectivity index is 1.75. The van der Waals surface area contributed by atoms with Gasteiger partial charge in [0.2, 0.25) is 5.91 Å². The van der Waals surface area contributed by atoms with Crippen molar-refractivity contribution in [3.63, 3.8) is 0 Å². The quantitative estimate of drug-likeness (QED) is 0.558. The van der Waals surface area contributed by atoms with Gasteiger partial charge in [-0.05, 0) is 31.5 Å². The number of hydrogen-bond donors (Lipinski definition) is 2. The van der Waals surface area contributed by atoms with Gasteiger partial charge in [0.25, 0.3) is 0 Å². The van der Waals surface area contributed by atoms with E-state index in [1.165, 1.54) is 18.1 Å². The summed E-state index contributed by atoms with van der Waals surface area (Å²) in [6.45, 7) is 3.74. The van der Waals surface area contributed by atoms with Crippen LogP contribution in [-0.4, -0.2) is 31.1 Å². The number of thioether (sulfide) groups is 1. The Morgan fingerprint density at radius 3 is 3.00 bits per heavy atom. The van der Waals surface area contributed by atoms with Crippen molar-refractivity contribution < 1.29 is 4.79 Å². The predicted molar refractivity (Wildman–Crippen MR) is 91.8 cm³/mol. The Bertz CT molecular complexity index is 866. The van der Waals surface area contributed by atoms with Crippen LogP contribution >= 0.6 is 23.4 Å². The molecule has 6 nitrogen and oxygen atoms in total. The zero-order valence-electron chi connectivity index (χ0n) is 12.5. The lowest BCUT2D eigenvalue weighted by Crippen LogP contribution is -2.23. The van der Waals surface area contributed by atoms with Crippen molar-refractivity contribution in [1.29, 1.82) is 0 Å². The molecule has 2 heterocycles. The van der Waals surface area contributed by atoms with Gasteiger partial charge in [-0.3, -0.25) is 4.79 Å². The molecule has 0 spiro atoms. The molecule has 8 heteroatoms. The van der Waals surface area contributed by atoms with E-state index in [0.717, 1.165) is 11.1 Å². The minimum atomic E-state index is -0.338. The van der Waals surface area contributed by atoms with Crippen LogP contribution in [0.3, 0.4) is 0 Å². The number of rotatable bonds is 4. The lowest BCUT2D eigenvalue weighted by atomic mass is 10.2. The molecule has 2 aromatic heterocycles. The number of nitrogens with one attached hydrogen (secondary N) is 2. The van der Waals surface area contributed by atoms with Crippen molar-refractivity contribution in [3.05, 3.63) is 41.4 Å². The van der Waals surface area contributed by atoms with Crippen molar-refractivity contribution in [2.24, 2.45) is 0 Å². The molecule has 118 valence electrons. The van der Waals surface area contributed by atoms with Gasteiger partial charge in [0, 0.05) is 10.7 Å². The van der Waals surface area contributed by atoms with E-state index >= 15 is 0 Å². The number of nitrogens with zero attached hydrogens (tertiary/aromatic N) is 3. The molecule has 0 aliphatic heterocycles. The largest absolute Gasteiger partial charge is 0.341 e. The van der Waals surface area contributed by atoms with E-state index < -0.39 is 0 Å². The number of aryl methyl sites for hydroxylation is 1. The normalized spacial score (nSPS) is 12.3. The van der Waals surface area contributed by atoms with Crippen molar-refractivity contribution in [2.75, 3.05) is 5.32 Å². The first-order chi connectivity index (χ1) is 11.0. The lowest BCUT2D eigenvalue weighted by Gasteiger charge is -2.13. The highest BCUT2D eigenvalue weighted by atomic mass is 35.5. The van der Waals surface area contributed by atoms with E-state index in [-0.39, 0.29) is 11.2 Å². The van der Waals surface area contributed by atoms with Crippen LogP contribution in [0.4, 0.5) is 5.69 Å². The van der Waals surface area contributed by atoms with Crippen molar-refractivity contribution in [3.8, 4) is 0 Å². The molecule has 3 rings (SSSR count). The third-order valence-electron chi connectivity index (χ3n) is 3.30. The maximum atomic E-state index is 12.4. The third kappa shape index (κ3) is 3.46. The van der Waals surface area contributed by atoms with Crippen LogP contribution in [0.15, 0.2) is 35.9 Å². The summed E-state index contributed by atoms with van der Waals surface area (Å²) in [6, 6.07) is 5.40. The highest BCUT2D eigenvalue weighted by molar-refractivity contribution is 8.00. The molecule has 1 unspecified atom stereocenters. The second-order valence-electron chi connectivity index (χ2n) is 4.99. The fraction of sp³-hybridized carbons (Fsp3) is 0.200. The molecule has 2 N–H and O–H groups in total. The van der Waals surface area contributed by atoms with Crippen molar-refractivity contribution in [1.82, 2.24) is 19.9 Å². The molecule has 0 fully saturated rings. The van der Waals surface area contributed by atoms with Gasteiger partial charge in [-0.15, -0.1) is 0 Å². The van der Waals surface area contributed by atoms with Crippen LogP contribution in [-0.2, 0) is 4.79 Å². The maximum Gasteiger partial charge on any atom is 0.237 e. The molecule has 1 amide bonds. The van der Waals surface area contributed by atoms with Gasteiger partial charge in [-0.1, -0.05) is 29.4 Å². The molecule has 3 aromatic rings. The van der Waals surface area contributed by atoms with Gasteiger partial charge in [-0.2, -0.15) is 0 Å². The topological polar surface area (TPSA) is 83.6 Å². The first-order valence-electron chi connectivity index (χ1n) is 6.92. The molecular formula is C15H14ClN5OS. The maximum absolute atomic E-state index is 12.4. The number of fused-ring (bicyclic) bond motifs is 1. The number of aromatic amines is 1. The second kappa shape index (κ2) is 6.55. The number of aromatic nitrogens is 4. The monoisotopic (exact) mass is 347 g/mol. The number of H-pyrrole nitrogens is 1. The fourth-order valence-corrected chi connectivity index (χ4v) is 3.07. The second-order valence-corrected chi connectivity index (χ2v) is 6.75. The van der Waals surface area contributed by atoms with E-state index in [4.69, 9.17) is 11.6 Å². The molecule has 23 heavy (non-hydrogen) atoms. The van der Waals surface area contributed by atoms with Gasteiger partial charge in [-0.25, -0.2) is 15.0 Å². The highest BCUT2D eigenvalue weighted by Crippen LogP contribution is 2.27. The summed E-state index contributed by atoms with van der Waals surface area (Å²) in [5.41, 5.74) is 2.99. The number of imidazole rings is 1. The van der Waals surface area contributed by atoms with Gasteiger partial charge in [0.1, 0.15) is 16.9 Å². The third-order valence-corrected chi connectivity index (χ3v) is 4.64. The molecule has 0 aliphatic rings. The number of halogens is 1. The zero-order chi connectivity index (χ0) is 16.4. The van der Waals surface area contributed by atoms with Crippen LogP contribution in [0.25, 0.3) is 11.2 Å². The van der Waals surface area contributed by atoms with Gasteiger partial charge in [0.15, 0.2) is 5.65 Å². The summed E-state index contributed by atoms with van der Waals surface area (Å²) in [5, 5.41) is 3.84. The van der Waals surface area contributed by atoms with Gasteiger partial charge in [0.05, 0.1) is 11.6 Å². The Morgan fingerprint density at radius 1 is 1.35 bits per heavy atom. The Labute approximate surface area is 142 Å². The van der Waals surface area contributed by atoms with Crippen LogP contribution in [0.5, 0.6) is 0 Å². The minimum absolute atomic E-state index is 0.119. The molecule has 0 bridgehead atoms. The van der Waals surface area contributed by atoms with E-state index in [9.17, 15) is 4.79 Å². The molecule has 0 aliphatic carbocycles. The standard InChI is InChI=1S/C15H14ClN5OS/c1-8-3-4-10(16)5-11(8)21-14(22)9(2)23-15-12-13(18-6-17-12)19-7-20-15/h3-7,9H,1-2H3,(H,21,22)(H,17,18,19,20). The number of carbonyl (C=O) groups excluding carboxylic acids is 1. The average molecular weight is 348 g/mol. The summed E-state index contributed by atoms with van der Waals surface area (Å²) >= 11 is 7.33. The Morgan fingerprint density at radius 2 is 2.17 bits per heavy atom. The lowest BCUT2D eigenvalue weighted by molar-refractivity contribution is -0.115. The molecule has 1 atom stereocenters. The Hall–Kier alpha value is -2.12. The molecular weight excluding hydrogens is 334 g/mol. The molecule has 0 saturated heterocycles. The minimum Gasteiger partial charge on any atom is -0.341 e. The van der Waals surface area contributed by atoms with E-state index in [2.05, 4.69) is 25.3 Å². The summed E-state index contributed by atoms with van der Waals surface area (Å²) in [7, 11) is 0. The summed E-state index contributed by atoms with van der Waals surface area (Å²) in [4.78, 5) is 27.8. The van der Waals surface area contributed by atoms with Gasteiger partial charge >= 0.3 is 0 Å². The van der Waals surface area contributed by atoms with Crippen LogP contribution < -0.4 is 5.32 Å². The Kier molecular flexibility index (Phi) is 4.49. The van der Waals surface area contributed by atoms with Crippen LogP contribution in [0.2, 0.25) is 5.02 Å². The van der Waals surface area contributed by atoms with E-state index in [1.54, 1.807) is 18.5 Å². The molecule has 1 aromatic carbocycles. The van der Waals surface area contributed by atoms with Crippen LogP contribution in [0.1, 0.15) is 12.5 Å². The molecule has 0 radical (unpaired) electrons. The zero-order valence-corrected chi connectivity index (χ0v) is 14.1. The van der Waals surface area contributed by atoms with Gasteiger partial charge < -0.3 is 10.3 Å². The number of amides is 1. The summed E-state index contributed by atoms with van der Waals surface area (Å²) in [6.07, 6.45) is 3.00. The number of hydrogen-bond acceptors (Lipinski definition) is 5. The van der Waals surface area contributed by atoms with Crippen LogP contribution in [0, 0.1) is 6.92 Å². The summed E-state index contributed by atoms with van der Waals surface area (Å²) in [5.74, 6) is -0.119. The number of carbonyl (C=O) groups is 1. The van der Waals surface area contributed by atoms with E-state index in [0.29, 0.717) is 21.4 Å². The molecule has 0 saturated carbocycles. The highest BCUT2D eigenvalue weighted by Gasteiger charge is 2.18. The van der Waals surface area contributed by atoms with E-state index in [1.807, 2.05) is 19.9 Å².